The molecule has 1 unspecified atom stereocenters. The van der Waals surface area contributed by atoms with Crippen molar-refractivity contribution in [3.05, 3.63) is 47.7 Å². The van der Waals surface area contributed by atoms with Crippen LogP contribution in [0.5, 0.6) is 0 Å². The van der Waals surface area contributed by atoms with Crippen LogP contribution in [0, 0.1) is 5.92 Å². The fourth-order valence-corrected chi connectivity index (χ4v) is 2.90. The van der Waals surface area contributed by atoms with E-state index in [4.69, 9.17) is 4.99 Å². The molecule has 5 heteroatoms. The molecule has 2 nitrogen and oxygen atoms in total. The van der Waals surface area contributed by atoms with Crippen LogP contribution in [0.15, 0.2) is 41.5 Å². The number of aromatic amines is 1. The monoisotopic (exact) mass is 364 g/mol. The minimum Gasteiger partial charge on any atom is -0.361 e. The van der Waals surface area contributed by atoms with E-state index in [-0.39, 0.29) is 0 Å². The number of benzene rings is 1. The lowest BCUT2D eigenvalue weighted by atomic mass is 10.0. The van der Waals surface area contributed by atoms with Gasteiger partial charge in [0.15, 0.2) is 0 Å². The van der Waals surface area contributed by atoms with Crippen LogP contribution in [0.4, 0.5) is 13.2 Å². The Labute approximate surface area is 153 Å². The molecule has 0 aliphatic carbocycles. The van der Waals surface area contributed by atoms with Crippen LogP contribution in [0.2, 0.25) is 0 Å². The molecule has 1 aromatic carbocycles. The highest BCUT2D eigenvalue weighted by Crippen LogP contribution is 2.32. The minimum atomic E-state index is -4.32. The van der Waals surface area contributed by atoms with Gasteiger partial charge in [-0.05, 0) is 55.9 Å². The first-order valence-electron chi connectivity index (χ1n) is 9.18. The molecule has 2 rings (SSSR count). The molecular weight excluding hydrogens is 337 g/mol. The molecule has 142 valence electrons. The number of fused-ring (bicyclic) bond motifs is 1. The summed E-state index contributed by atoms with van der Waals surface area (Å²) in [5, 5.41) is 0.834. The number of nitrogens with one attached hydrogen (secondary N) is 1. The molecule has 0 bridgehead atoms. The second kappa shape index (κ2) is 9.06. The summed E-state index contributed by atoms with van der Waals surface area (Å²) in [4.78, 5) is 7.64. The quantitative estimate of drug-likeness (QED) is 0.513. The third-order valence-corrected chi connectivity index (χ3v) is 4.74. The van der Waals surface area contributed by atoms with Crippen molar-refractivity contribution in [3.63, 3.8) is 0 Å². The van der Waals surface area contributed by atoms with Crippen LogP contribution < -0.4 is 0 Å². The number of aliphatic imine (C=N–C) groups is 1. The summed E-state index contributed by atoms with van der Waals surface area (Å²) < 4.78 is 38.4. The average Bonchev–Trinajstić information content (AvgIpc) is 3.01. The standard InChI is InChI=1S/C21H27F3N2/c1-4-6-18(9-7-15(3)5-2)25-12-11-16-14-26-20-13-17(21(22,23)24)8-10-19(16)20/h4,6,8,10,13-15,26H,5,7,9,11-12H2,1-3H3/b6-4-,25-18?. The predicted octanol–water partition coefficient (Wildman–Crippen LogP) is 6.57. The van der Waals surface area contributed by atoms with Crippen molar-refractivity contribution in [3.8, 4) is 0 Å². The number of nitrogens with zero attached hydrogens (tertiary/aromatic N) is 1. The van der Waals surface area contributed by atoms with E-state index in [9.17, 15) is 13.2 Å². The molecule has 0 spiro atoms. The zero-order valence-corrected chi connectivity index (χ0v) is 15.7. The number of hydrogen-bond donors (Lipinski definition) is 1. The van der Waals surface area contributed by atoms with E-state index in [0.29, 0.717) is 24.4 Å². The summed E-state index contributed by atoms with van der Waals surface area (Å²) in [6.07, 6.45) is 5.46. The van der Waals surface area contributed by atoms with Crippen LogP contribution in [0.1, 0.15) is 51.2 Å². The van der Waals surface area contributed by atoms with Crippen LogP contribution >= 0.6 is 0 Å². The number of H-pyrrole nitrogens is 1. The second-order valence-corrected chi connectivity index (χ2v) is 6.75. The van der Waals surface area contributed by atoms with E-state index in [2.05, 4.69) is 18.8 Å². The van der Waals surface area contributed by atoms with Crippen LogP contribution in [-0.4, -0.2) is 17.2 Å². The van der Waals surface area contributed by atoms with Crippen molar-refractivity contribution < 1.29 is 13.2 Å². The highest BCUT2D eigenvalue weighted by Gasteiger charge is 2.30. The molecule has 0 saturated carbocycles. The van der Waals surface area contributed by atoms with E-state index in [1.165, 1.54) is 12.5 Å². The molecule has 0 fully saturated rings. The first-order chi connectivity index (χ1) is 12.3. The molecule has 0 aliphatic heterocycles. The SMILES string of the molecule is C/C=C\C(CCC(C)CC)=NCCc1c[nH]c2cc(C(F)(F)F)ccc12. The van der Waals surface area contributed by atoms with Gasteiger partial charge in [0, 0.05) is 29.4 Å². The Kier molecular flexibility index (Phi) is 7.06. The van der Waals surface area contributed by atoms with Gasteiger partial charge in [0.1, 0.15) is 0 Å². The third-order valence-electron chi connectivity index (χ3n) is 4.74. The van der Waals surface area contributed by atoms with Crippen molar-refractivity contribution >= 4 is 16.6 Å². The van der Waals surface area contributed by atoms with Gasteiger partial charge < -0.3 is 4.98 Å². The van der Waals surface area contributed by atoms with Gasteiger partial charge in [0.05, 0.1) is 5.56 Å². The lowest BCUT2D eigenvalue weighted by Crippen LogP contribution is -2.04. The normalized spacial score (nSPS) is 14.5. The molecule has 1 N–H and O–H groups in total. The number of aromatic nitrogens is 1. The molecule has 2 aromatic rings. The molecule has 1 aromatic heterocycles. The Morgan fingerprint density at radius 1 is 1.31 bits per heavy atom. The molecule has 26 heavy (non-hydrogen) atoms. The fourth-order valence-electron chi connectivity index (χ4n) is 2.90. The Hall–Kier alpha value is -2.04. The second-order valence-electron chi connectivity index (χ2n) is 6.75. The Bertz CT molecular complexity index is 769. The van der Waals surface area contributed by atoms with Crippen molar-refractivity contribution in [2.45, 2.75) is 52.6 Å². The van der Waals surface area contributed by atoms with E-state index < -0.39 is 11.7 Å². The lowest BCUT2D eigenvalue weighted by molar-refractivity contribution is -0.137. The summed E-state index contributed by atoms with van der Waals surface area (Å²) in [5.74, 6) is 0.682. The Morgan fingerprint density at radius 2 is 2.08 bits per heavy atom. The van der Waals surface area contributed by atoms with E-state index >= 15 is 0 Å². The van der Waals surface area contributed by atoms with E-state index in [0.717, 1.165) is 35.6 Å². The maximum Gasteiger partial charge on any atom is 0.416 e. The van der Waals surface area contributed by atoms with Gasteiger partial charge >= 0.3 is 6.18 Å². The molecule has 0 amide bonds. The summed E-state index contributed by atoms with van der Waals surface area (Å²) in [6, 6.07) is 3.85. The minimum absolute atomic E-state index is 0.518. The summed E-state index contributed by atoms with van der Waals surface area (Å²) in [5.41, 5.74) is 1.98. The van der Waals surface area contributed by atoms with E-state index in [1.807, 2.05) is 19.1 Å². The first kappa shape index (κ1) is 20.3. The largest absolute Gasteiger partial charge is 0.416 e. The van der Waals surface area contributed by atoms with Gasteiger partial charge in [-0.1, -0.05) is 32.4 Å². The predicted molar refractivity (Wildman–Crippen MR) is 103 cm³/mol. The molecule has 0 radical (unpaired) electrons. The Morgan fingerprint density at radius 3 is 2.73 bits per heavy atom. The Balaban J connectivity index is 2.06. The number of alkyl halides is 3. The molecule has 0 aliphatic rings. The topological polar surface area (TPSA) is 28.1 Å². The smallest absolute Gasteiger partial charge is 0.361 e. The van der Waals surface area contributed by atoms with Gasteiger partial charge in [-0.3, -0.25) is 4.99 Å². The van der Waals surface area contributed by atoms with Crippen LogP contribution in [0.25, 0.3) is 10.9 Å². The summed E-state index contributed by atoms with van der Waals surface area (Å²) in [6.45, 7) is 7.05. The third kappa shape index (κ3) is 5.48. The first-order valence-corrected chi connectivity index (χ1v) is 9.18. The van der Waals surface area contributed by atoms with E-state index in [1.54, 1.807) is 12.3 Å². The van der Waals surface area contributed by atoms with Gasteiger partial charge in [-0.2, -0.15) is 13.2 Å². The highest BCUT2D eigenvalue weighted by atomic mass is 19.4. The summed E-state index contributed by atoms with van der Waals surface area (Å²) >= 11 is 0. The molecule has 1 heterocycles. The fraction of sp³-hybridized carbons (Fsp3) is 0.476. The van der Waals surface area contributed by atoms with Crippen molar-refractivity contribution in [2.75, 3.05) is 6.54 Å². The van der Waals surface area contributed by atoms with Crippen molar-refractivity contribution in [1.82, 2.24) is 4.98 Å². The van der Waals surface area contributed by atoms with Gasteiger partial charge in [-0.15, -0.1) is 0 Å². The van der Waals surface area contributed by atoms with Crippen LogP contribution in [0.3, 0.4) is 0 Å². The maximum atomic E-state index is 12.8. The van der Waals surface area contributed by atoms with Gasteiger partial charge in [0.25, 0.3) is 0 Å². The van der Waals surface area contributed by atoms with Gasteiger partial charge in [0.2, 0.25) is 0 Å². The van der Waals surface area contributed by atoms with Gasteiger partial charge in [-0.25, -0.2) is 0 Å². The van der Waals surface area contributed by atoms with Crippen LogP contribution in [-0.2, 0) is 12.6 Å². The molecule has 0 saturated heterocycles. The number of rotatable bonds is 8. The number of hydrogen-bond acceptors (Lipinski definition) is 1. The zero-order chi connectivity index (χ0) is 19.2. The average molecular weight is 364 g/mol. The van der Waals surface area contributed by atoms with Crippen molar-refractivity contribution in [1.29, 1.82) is 0 Å². The highest BCUT2D eigenvalue weighted by molar-refractivity contribution is 5.94. The maximum absolute atomic E-state index is 12.8. The molecule has 1 atom stereocenters. The number of allylic oxidation sites excluding steroid dienone is 2. The number of halogens is 3. The van der Waals surface area contributed by atoms with Crippen molar-refractivity contribution in [2.24, 2.45) is 10.9 Å². The zero-order valence-electron chi connectivity index (χ0n) is 15.7. The molecular formula is C21H27F3N2. The lowest BCUT2D eigenvalue weighted by Gasteiger charge is -2.08. The summed E-state index contributed by atoms with van der Waals surface area (Å²) in [7, 11) is 0.